The number of rotatable bonds is 6. The Bertz CT molecular complexity index is 1550. The molecule has 0 bridgehead atoms. The van der Waals surface area contributed by atoms with Gasteiger partial charge in [-0.05, 0) is 36.8 Å². The Hall–Kier alpha value is -2.97. The monoisotopic (exact) mass is 559 g/mol. The van der Waals surface area contributed by atoms with Crippen LogP contribution in [0.4, 0.5) is 5.69 Å². The van der Waals surface area contributed by atoms with Crippen molar-refractivity contribution < 1.29 is 4.79 Å². The van der Waals surface area contributed by atoms with Gasteiger partial charge in [-0.1, -0.05) is 66.2 Å². The molecule has 4 nitrogen and oxygen atoms in total. The molecule has 1 unspecified atom stereocenters. The summed E-state index contributed by atoms with van der Waals surface area (Å²) in [7, 11) is 0. The number of anilines is 1. The molecule has 37 heavy (non-hydrogen) atoms. The zero-order valence-electron chi connectivity index (χ0n) is 19.9. The lowest BCUT2D eigenvalue weighted by Gasteiger charge is -2.23. The zero-order valence-corrected chi connectivity index (χ0v) is 23.1. The lowest BCUT2D eigenvalue weighted by Crippen LogP contribution is -2.27. The second-order valence-corrected chi connectivity index (χ2v) is 12.2. The van der Waals surface area contributed by atoms with E-state index < -0.39 is 0 Å². The highest BCUT2D eigenvalue weighted by Gasteiger charge is 2.36. The highest BCUT2D eigenvalue weighted by Crippen LogP contribution is 2.46. The molecule has 0 aliphatic carbocycles. The normalized spacial score (nSPS) is 15.5. The molecular weight excluding hydrogens is 538 g/mol. The third kappa shape index (κ3) is 5.09. The molecule has 184 valence electrons. The van der Waals surface area contributed by atoms with Crippen molar-refractivity contribution in [2.24, 2.45) is 0 Å². The highest BCUT2D eigenvalue weighted by molar-refractivity contribution is 8.01. The third-order valence-corrected chi connectivity index (χ3v) is 9.89. The molecule has 3 heterocycles. The average Bonchev–Trinajstić information content (AvgIpc) is 3.64. The van der Waals surface area contributed by atoms with Gasteiger partial charge in [0.05, 0.1) is 27.0 Å². The number of thiazole rings is 2. The van der Waals surface area contributed by atoms with E-state index in [1.54, 1.807) is 34.4 Å². The number of thioether (sulfide) groups is 1. The van der Waals surface area contributed by atoms with Crippen molar-refractivity contribution in [2.75, 3.05) is 10.7 Å². The maximum absolute atomic E-state index is 13.0. The van der Waals surface area contributed by atoms with Crippen molar-refractivity contribution >= 4 is 57.6 Å². The largest absolute Gasteiger partial charge is 0.294 e. The van der Waals surface area contributed by atoms with Crippen LogP contribution in [0.3, 0.4) is 0 Å². The van der Waals surface area contributed by atoms with Crippen LogP contribution >= 0.6 is 46.0 Å². The van der Waals surface area contributed by atoms with Crippen LogP contribution in [0.1, 0.15) is 26.5 Å². The third-order valence-electron chi connectivity index (χ3n) is 6.21. The number of carbonyl (C=O) groups is 1. The van der Waals surface area contributed by atoms with E-state index in [4.69, 9.17) is 21.6 Å². The van der Waals surface area contributed by atoms with Crippen LogP contribution in [0, 0.1) is 6.92 Å². The number of hydrogen-bond donors (Lipinski definition) is 0. The van der Waals surface area contributed by atoms with Gasteiger partial charge in [-0.3, -0.25) is 9.69 Å². The van der Waals surface area contributed by atoms with E-state index in [0.717, 1.165) is 54.5 Å². The molecule has 1 saturated heterocycles. The molecule has 2 aromatic heterocycles. The van der Waals surface area contributed by atoms with Gasteiger partial charge >= 0.3 is 0 Å². The van der Waals surface area contributed by atoms with Crippen molar-refractivity contribution in [1.29, 1.82) is 0 Å². The molecule has 1 aliphatic rings. The van der Waals surface area contributed by atoms with Gasteiger partial charge in [0, 0.05) is 33.6 Å². The summed E-state index contributed by atoms with van der Waals surface area (Å²) in [6.45, 7) is 2.03. The van der Waals surface area contributed by atoms with Gasteiger partial charge < -0.3 is 0 Å². The van der Waals surface area contributed by atoms with E-state index in [9.17, 15) is 4.79 Å². The van der Waals surface area contributed by atoms with Crippen LogP contribution in [-0.2, 0) is 11.2 Å². The van der Waals surface area contributed by atoms with Crippen molar-refractivity contribution in [3.8, 4) is 21.8 Å². The van der Waals surface area contributed by atoms with Crippen LogP contribution in [0.15, 0.2) is 84.2 Å². The maximum Gasteiger partial charge on any atom is 0.238 e. The molecule has 1 amide bonds. The Morgan fingerprint density at radius 2 is 1.70 bits per heavy atom. The molecule has 0 spiro atoms. The van der Waals surface area contributed by atoms with Gasteiger partial charge in [0.25, 0.3) is 0 Å². The minimum absolute atomic E-state index is 0.0708. The summed E-state index contributed by atoms with van der Waals surface area (Å²) in [6, 6.07) is 26.3. The molecule has 1 atom stereocenters. The van der Waals surface area contributed by atoms with Gasteiger partial charge in [0.2, 0.25) is 5.91 Å². The number of nitrogens with zero attached hydrogens (tertiary/aromatic N) is 3. The smallest absolute Gasteiger partial charge is 0.238 e. The topological polar surface area (TPSA) is 46.1 Å². The molecule has 8 heteroatoms. The first-order valence-electron chi connectivity index (χ1n) is 11.8. The number of hydrogen-bond acceptors (Lipinski definition) is 6. The Morgan fingerprint density at radius 1 is 0.946 bits per heavy atom. The fourth-order valence-corrected chi connectivity index (χ4v) is 7.84. The second kappa shape index (κ2) is 10.4. The second-order valence-electron chi connectivity index (χ2n) is 8.74. The van der Waals surface area contributed by atoms with Crippen molar-refractivity contribution in [3.63, 3.8) is 0 Å². The SMILES string of the molecule is Cc1nc(-c2ccccc2)sc1C1SCC(=O)N1c1ccc(-c2csc(Cc3ccc(Cl)cc3)n2)cc1. The molecule has 0 saturated carbocycles. The first-order valence-corrected chi connectivity index (χ1v) is 14.9. The lowest BCUT2D eigenvalue weighted by molar-refractivity contribution is -0.115. The van der Waals surface area contributed by atoms with Crippen LogP contribution in [0.5, 0.6) is 0 Å². The van der Waals surface area contributed by atoms with Crippen LogP contribution in [0.25, 0.3) is 21.8 Å². The Labute approximate surface area is 233 Å². The number of amides is 1. The van der Waals surface area contributed by atoms with Gasteiger partial charge in [-0.2, -0.15) is 0 Å². The van der Waals surface area contributed by atoms with E-state index in [1.165, 1.54) is 5.56 Å². The van der Waals surface area contributed by atoms with Gasteiger partial charge in [0.15, 0.2) is 0 Å². The van der Waals surface area contributed by atoms with Crippen molar-refractivity contribution in [2.45, 2.75) is 18.7 Å². The minimum Gasteiger partial charge on any atom is -0.294 e. The maximum atomic E-state index is 13.0. The minimum atomic E-state index is -0.0708. The molecular formula is C29H22ClN3OS3. The zero-order chi connectivity index (χ0) is 25.4. The Morgan fingerprint density at radius 3 is 2.46 bits per heavy atom. The average molecular weight is 560 g/mol. The van der Waals surface area contributed by atoms with Crippen LogP contribution in [-0.4, -0.2) is 21.6 Å². The van der Waals surface area contributed by atoms with E-state index in [1.807, 2.05) is 66.4 Å². The molecule has 6 rings (SSSR count). The number of carbonyl (C=O) groups excluding carboxylic acids is 1. The summed E-state index contributed by atoms with van der Waals surface area (Å²) >= 11 is 11.0. The Balaban J connectivity index is 1.22. The predicted octanol–water partition coefficient (Wildman–Crippen LogP) is 8.26. The summed E-state index contributed by atoms with van der Waals surface area (Å²) in [6.07, 6.45) is 0.778. The number of benzene rings is 3. The standard InChI is InChI=1S/C29H22ClN3OS3/c1-18-27(37-28(31-18)21-5-3-2-4-6-21)29-33(26(34)17-36-29)23-13-9-20(10-14-23)24-16-35-25(32-24)15-19-7-11-22(30)12-8-19/h2-14,16,29H,15,17H2,1H3. The highest BCUT2D eigenvalue weighted by atomic mass is 35.5. The van der Waals surface area contributed by atoms with Crippen LogP contribution in [0.2, 0.25) is 5.02 Å². The molecule has 3 aromatic carbocycles. The molecule has 0 N–H and O–H groups in total. The van der Waals surface area contributed by atoms with Gasteiger partial charge in [-0.25, -0.2) is 9.97 Å². The fraction of sp³-hybridized carbons (Fsp3) is 0.138. The summed E-state index contributed by atoms with van der Waals surface area (Å²) < 4.78 is 0. The van der Waals surface area contributed by atoms with E-state index in [-0.39, 0.29) is 11.3 Å². The summed E-state index contributed by atoms with van der Waals surface area (Å²) in [5.41, 5.74) is 6.16. The summed E-state index contributed by atoms with van der Waals surface area (Å²) in [4.78, 5) is 25.7. The molecule has 1 fully saturated rings. The van der Waals surface area contributed by atoms with Crippen molar-refractivity contribution in [1.82, 2.24) is 9.97 Å². The number of halogens is 1. The van der Waals surface area contributed by atoms with E-state index >= 15 is 0 Å². The lowest BCUT2D eigenvalue weighted by atomic mass is 10.1. The summed E-state index contributed by atoms with van der Waals surface area (Å²) in [5.74, 6) is 0.584. The predicted molar refractivity (Wildman–Crippen MR) is 157 cm³/mol. The number of aryl methyl sites for hydroxylation is 1. The van der Waals surface area contributed by atoms with Gasteiger partial charge in [0.1, 0.15) is 10.4 Å². The Kier molecular flexibility index (Phi) is 6.86. The molecule has 1 aliphatic heterocycles. The van der Waals surface area contributed by atoms with Gasteiger partial charge in [-0.15, -0.1) is 34.4 Å². The molecule has 0 radical (unpaired) electrons. The van der Waals surface area contributed by atoms with Crippen molar-refractivity contribution in [3.05, 3.63) is 110 Å². The van der Waals surface area contributed by atoms with Crippen LogP contribution < -0.4 is 4.90 Å². The number of aromatic nitrogens is 2. The van der Waals surface area contributed by atoms with E-state index in [2.05, 4.69) is 29.6 Å². The molecule has 5 aromatic rings. The van der Waals surface area contributed by atoms with E-state index in [0.29, 0.717) is 5.75 Å². The first kappa shape index (κ1) is 24.4. The first-order chi connectivity index (χ1) is 18.0. The fourth-order valence-electron chi connectivity index (χ4n) is 4.33. The summed E-state index contributed by atoms with van der Waals surface area (Å²) in [5, 5.41) is 4.80. The quantitative estimate of drug-likeness (QED) is 0.210.